The lowest BCUT2D eigenvalue weighted by atomic mass is 9.93. The molecule has 20 aromatic rings. The largest absolute Gasteiger partial charge is 0.356 e. The molecule has 2 N–H and O–H groups in total. The summed E-state index contributed by atoms with van der Waals surface area (Å²) >= 11 is 9.08. The molecule has 0 aliphatic heterocycles. The predicted octanol–water partition coefficient (Wildman–Crippen LogP) is 31.9. The lowest BCUT2D eigenvalue weighted by molar-refractivity contribution is 1.53. The fourth-order valence-corrected chi connectivity index (χ4v) is 18.2. The van der Waals surface area contributed by atoms with Gasteiger partial charge in [-0.2, -0.15) is 0 Å². The Labute approximate surface area is 652 Å². The molecule has 3 heterocycles. The zero-order valence-electron chi connectivity index (χ0n) is 58.8. The molecule has 108 heavy (non-hydrogen) atoms. The van der Waals surface area contributed by atoms with Gasteiger partial charge in [-0.25, -0.2) is 0 Å². The smallest absolute Gasteiger partial charge is 0.0433 e. The highest BCUT2D eigenvalue weighted by Crippen LogP contribution is 2.43. The minimum atomic E-state index is 0. The first-order valence-corrected chi connectivity index (χ1v) is 39.6. The monoisotopic (exact) mass is 1500 g/mol. The van der Waals surface area contributed by atoms with Gasteiger partial charge in [0.25, 0.3) is 0 Å². The molecule has 0 saturated heterocycles. The molecular formula is C102H73BrN2S3. The number of benzene rings is 17. The molecule has 0 aliphatic rings. The molecule has 0 fully saturated rings. The molecule has 2 nitrogen and oxygen atoms in total. The molecule has 0 aliphatic carbocycles. The molecule has 516 valence electrons. The second-order valence-electron chi connectivity index (χ2n) is 27.0. The fraction of sp³-hybridized carbons (Fsp3) is 0. The Kier molecular flexibility index (Phi) is 19.0. The molecule has 0 unspecified atom stereocenters. The highest BCUT2D eigenvalue weighted by molar-refractivity contribution is 9.10. The van der Waals surface area contributed by atoms with Crippen LogP contribution in [0.1, 0.15) is 2.85 Å². The highest BCUT2D eigenvalue weighted by atomic mass is 79.9. The van der Waals surface area contributed by atoms with Crippen molar-refractivity contribution in [3.63, 3.8) is 0 Å². The maximum absolute atomic E-state index is 3.60. The highest BCUT2D eigenvalue weighted by Gasteiger charge is 2.15. The van der Waals surface area contributed by atoms with E-state index in [-0.39, 0.29) is 2.85 Å². The van der Waals surface area contributed by atoms with Crippen LogP contribution in [-0.4, -0.2) is 0 Å². The van der Waals surface area contributed by atoms with E-state index in [9.17, 15) is 0 Å². The summed E-state index contributed by atoms with van der Waals surface area (Å²) in [7, 11) is 0. The molecule has 0 spiro atoms. The first kappa shape index (κ1) is 67.4. The van der Waals surface area contributed by atoms with Crippen molar-refractivity contribution in [3.05, 3.63) is 411 Å². The minimum Gasteiger partial charge on any atom is -0.356 e. The van der Waals surface area contributed by atoms with Gasteiger partial charge in [-0.1, -0.05) is 283 Å². The molecule has 3 aromatic heterocycles. The van der Waals surface area contributed by atoms with E-state index in [2.05, 4.69) is 433 Å². The molecule has 0 atom stereocenters. The molecule has 0 radical (unpaired) electrons. The van der Waals surface area contributed by atoms with Gasteiger partial charge < -0.3 is 10.6 Å². The third kappa shape index (κ3) is 14.5. The quantitative estimate of drug-likeness (QED) is 0.120. The van der Waals surface area contributed by atoms with Crippen molar-refractivity contribution >= 4 is 133 Å². The number of nitrogens with one attached hydrogen (secondary N) is 2. The number of thiophene rings is 3. The third-order valence-corrected chi connectivity index (χ3v) is 24.1. The van der Waals surface area contributed by atoms with Crippen LogP contribution in [0, 0.1) is 0 Å². The van der Waals surface area contributed by atoms with Gasteiger partial charge in [0, 0.05) is 90.6 Å². The van der Waals surface area contributed by atoms with Gasteiger partial charge in [-0.3, -0.25) is 0 Å². The first-order valence-electron chi connectivity index (χ1n) is 36.3. The Morgan fingerprint density at radius 2 is 0.435 bits per heavy atom. The van der Waals surface area contributed by atoms with E-state index in [0.29, 0.717) is 0 Å². The standard InChI is InChI=1S/2C42H29NS.C18H11BrS.2H2/c1-3-10-29(11-4-1)33-26-34(30-12-5-2-6-13-30)28-35(27-33)31-18-22-36(23-19-31)43-37-24-20-32(21-25-37)38-15-9-16-40-39-14-7-8-17-41(39)44-42(38)40;1-3-9-29(10-4-1)34-25-35(30-11-5-2-6-12-30)27-36(26-34)32-17-22-38(23-18-32)43-37-20-15-31(16-21-37)33-19-24-42-40(28-33)39-13-7-8-14-41(39)44-42;19-14-8-5-12(6-9-14)13-7-10-18-16(11-13)15-3-1-2-4-17(15)20-18;;/h2*1-28,43H;1-11H;2*1H. The summed E-state index contributed by atoms with van der Waals surface area (Å²) in [5.74, 6) is 0. The minimum absolute atomic E-state index is 0. The van der Waals surface area contributed by atoms with Crippen LogP contribution in [0.2, 0.25) is 0 Å². The number of hydrogen-bond acceptors (Lipinski definition) is 5. The Balaban J connectivity index is 0.000000132. The number of halogens is 1. The number of hydrogen-bond donors (Lipinski definition) is 2. The summed E-state index contributed by atoms with van der Waals surface area (Å²) < 4.78 is 9.17. The molecule has 0 bridgehead atoms. The van der Waals surface area contributed by atoms with Crippen LogP contribution in [0.5, 0.6) is 0 Å². The summed E-state index contributed by atoms with van der Waals surface area (Å²) in [4.78, 5) is 0. The summed E-state index contributed by atoms with van der Waals surface area (Å²) in [6.45, 7) is 0. The molecular weight excluding hydrogens is 1430 g/mol. The molecule has 6 heteroatoms. The number of fused-ring (bicyclic) bond motifs is 9. The number of rotatable bonds is 13. The van der Waals surface area contributed by atoms with Crippen LogP contribution in [0.4, 0.5) is 22.7 Å². The summed E-state index contributed by atoms with van der Waals surface area (Å²) in [5.41, 5.74) is 26.3. The molecule has 0 amide bonds. The lowest BCUT2D eigenvalue weighted by Gasteiger charge is -2.12. The van der Waals surface area contributed by atoms with E-state index in [1.807, 2.05) is 34.0 Å². The second-order valence-corrected chi connectivity index (χ2v) is 31.2. The van der Waals surface area contributed by atoms with Crippen LogP contribution in [0.15, 0.2) is 411 Å². The Morgan fingerprint density at radius 1 is 0.176 bits per heavy atom. The van der Waals surface area contributed by atoms with Crippen LogP contribution in [-0.2, 0) is 0 Å². The van der Waals surface area contributed by atoms with Crippen molar-refractivity contribution in [3.8, 4) is 100 Å². The zero-order valence-corrected chi connectivity index (χ0v) is 62.8. The van der Waals surface area contributed by atoms with Crippen LogP contribution in [0.3, 0.4) is 0 Å². The maximum Gasteiger partial charge on any atom is 0.0433 e. The maximum atomic E-state index is 3.60. The van der Waals surface area contributed by atoms with Crippen molar-refractivity contribution in [1.29, 1.82) is 0 Å². The van der Waals surface area contributed by atoms with E-state index < -0.39 is 0 Å². The van der Waals surface area contributed by atoms with Gasteiger partial charge in [0.1, 0.15) is 0 Å². The fourth-order valence-electron chi connectivity index (χ4n) is 14.5. The van der Waals surface area contributed by atoms with Gasteiger partial charge in [0.15, 0.2) is 0 Å². The normalized spacial score (nSPS) is 11.2. The Morgan fingerprint density at radius 3 is 0.796 bits per heavy atom. The van der Waals surface area contributed by atoms with Crippen molar-refractivity contribution < 1.29 is 2.85 Å². The van der Waals surface area contributed by atoms with E-state index in [1.54, 1.807) is 0 Å². The van der Waals surface area contributed by atoms with Crippen molar-refractivity contribution in [2.75, 3.05) is 10.6 Å². The average Bonchev–Trinajstić information content (AvgIpc) is 1.57. The Bertz CT molecular complexity index is 6440. The molecule has 20 rings (SSSR count). The van der Waals surface area contributed by atoms with Gasteiger partial charge in [-0.05, 0) is 240 Å². The summed E-state index contributed by atoms with van der Waals surface area (Å²) in [5, 5.41) is 15.2. The summed E-state index contributed by atoms with van der Waals surface area (Å²) in [6.07, 6.45) is 0. The van der Waals surface area contributed by atoms with Crippen molar-refractivity contribution in [2.24, 2.45) is 0 Å². The van der Waals surface area contributed by atoms with E-state index in [0.717, 1.165) is 27.2 Å². The predicted molar refractivity (Wildman–Crippen MR) is 478 cm³/mol. The van der Waals surface area contributed by atoms with Crippen LogP contribution >= 0.6 is 49.9 Å². The van der Waals surface area contributed by atoms with E-state index in [4.69, 9.17) is 0 Å². The Hall–Kier alpha value is -12.5. The van der Waals surface area contributed by atoms with E-state index in [1.165, 1.54) is 161 Å². The second kappa shape index (κ2) is 30.5. The van der Waals surface area contributed by atoms with Crippen LogP contribution < -0.4 is 10.6 Å². The third-order valence-electron chi connectivity index (χ3n) is 20.1. The van der Waals surface area contributed by atoms with Crippen molar-refractivity contribution in [2.45, 2.75) is 0 Å². The average molecular weight is 1500 g/mol. The number of anilines is 4. The summed E-state index contributed by atoms with van der Waals surface area (Å²) in [6, 6.07) is 146. The van der Waals surface area contributed by atoms with Gasteiger partial charge in [-0.15, -0.1) is 34.0 Å². The van der Waals surface area contributed by atoms with Gasteiger partial charge in [0.2, 0.25) is 0 Å². The molecule has 17 aromatic carbocycles. The van der Waals surface area contributed by atoms with Gasteiger partial charge in [0.05, 0.1) is 0 Å². The lowest BCUT2D eigenvalue weighted by Crippen LogP contribution is -1.91. The molecule has 0 saturated carbocycles. The zero-order chi connectivity index (χ0) is 72.1. The van der Waals surface area contributed by atoms with Crippen LogP contribution in [0.25, 0.3) is 161 Å². The SMILES string of the molecule is Brc1ccc(-c2ccc3sc4ccccc4c3c2)cc1.[HH].[HH].c1ccc(-c2cc(-c3ccccc3)cc(-c3ccc(Nc4ccc(-c5ccc6sc7ccccc7c6c5)cc4)cc3)c2)cc1.c1ccc(-c2cc(-c3ccccc3)cc(-c3ccc(Nc4ccc(-c5cccc6c5sc5ccccc56)cc4)cc3)c2)cc1. The topological polar surface area (TPSA) is 24.1 Å². The first-order chi connectivity index (χ1) is 53.4. The van der Waals surface area contributed by atoms with E-state index >= 15 is 0 Å². The van der Waals surface area contributed by atoms with Gasteiger partial charge >= 0.3 is 0 Å². The van der Waals surface area contributed by atoms with Crippen molar-refractivity contribution in [1.82, 2.24) is 0 Å².